The van der Waals surface area contributed by atoms with Crippen molar-refractivity contribution < 1.29 is 4.74 Å². The quantitative estimate of drug-likeness (QED) is 0.807. The summed E-state index contributed by atoms with van der Waals surface area (Å²) in [7, 11) is 0. The van der Waals surface area contributed by atoms with E-state index in [-0.39, 0.29) is 0 Å². The molecule has 0 atom stereocenters. The largest absolute Gasteiger partial charge is 0.456 e. The third kappa shape index (κ3) is 2.64. The fourth-order valence-electron chi connectivity index (χ4n) is 1.60. The molecular weight excluding hydrogens is 246 g/mol. The highest BCUT2D eigenvalue weighted by molar-refractivity contribution is 6.33. The molecule has 90 valence electrons. The maximum absolute atomic E-state index is 8.89. The van der Waals surface area contributed by atoms with Gasteiger partial charge in [0, 0.05) is 0 Å². The summed E-state index contributed by atoms with van der Waals surface area (Å²) in [6.45, 7) is 2.10. The number of nitriles is 1. The van der Waals surface area contributed by atoms with Crippen molar-refractivity contribution in [3.63, 3.8) is 0 Å². The number of aryl methyl sites for hydroxylation is 1. The standard InChI is InChI=1S/C15H12ClNO/c1-2-11-6-8-13(9-7-11)18-14-5-3-4-12(10-17)15(14)16/h3-9H,2H2,1H3. The summed E-state index contributed by atoms with van der Waals surface area (Å²) >= 11 is 6.07. The second-order valence-electron chi connectivity index (χ2n) is 3.83. The van der Waals surface area contributed by atoms with Crippen LogP contribution in [0.25, 0.3) is 0 Å². The Morgan fingerprint density at radius 1 is 1.17 bits per heavy atom. The van der Waals surface area contributed by atoms with E-state index in [1.807, 2.05) is 30.3 Å². The zero-order valence-corrected chi connectivity index (χ0v) is 10.7. The van der Waals surface area contributed by atoms with Crippen LogP contribution >= 0.6 is 11.6 Å². The Kier molecular flexibility index (Phi) is 3.86. The summed E-state index contributed by atoms with van der Waals surface area (Å²) in [4.78, 5) is 0. The van der Waals surface area contributed by atoms with Gasteiger partial charge in [0.15, 0.2) is 0 Å². The van der Waals surface area contributed by atoms with Crippen molar-refractivity contribution in [2.75, 3.05) is 0 Å². The van der Waals surface area contributed by atoms with E-state index in [0.29, 0.717) is 22.1 Å². The summed E-state index contributed by atoms with van der Waals surface area (Å²) in [5.74, 6) is 1.21. The molecule has 0 saturated carbocycles. The zero-order chi connectivity index (χ0) is 13.0. The van der Waals surface area contributed by atoms with E-state index in [1.165, 1.54) is 5.56 Å². The lowest BCUT2D eigenvalue weighted by Gasteiger charge is -2.08. The van der Waals surface area contributed by atoms with Crippen LogP contribution in [0.1, 0.15) is 18.1 Å². The number of benzene rings is 2. The van der Waals surface area contributed by atoms with E-state index in [0.717, 1.165) is 6.42 Å². The molecule has 0 radical (unpaired) electrons. The average Bonchev–Trinajstić information content (AvgIpc) is 2.42. The average molecular weight is 258 g/mol. The van der Waals surface area contributed by atoms with Gasteiger partial charge in [0.1, 0.15) is 22.6 Å². The highest BCUT2D eigenvalue weighted by atomic mass is 35.5. The maximum atomic E-state index is 8.89. The Balaban J connectivity index is 2.26. The van der Waals surface area contributed by atoms with Crippen molar-refractivity contribution in [2.45, 2.75) is 13.3 Å². The molecule has 0 saturated heterocycles. The van der Waals surface area contributed by atoms with E-state index in [1.54, 1.807) is 18.2 Å². The normalized spacial score (nSPS) is 9.83. The van der Waals surface area contributed by atoms with Gasteiger partial charge in [-0.15, -0.1) is 0 Å². The highest BCUT2D eigenvalue weighted by Crippen LogP contribution is 2.31. The van der Waals surface area contributed by atoms with Gasteiger partial charge in [0.25, 0.3) is 0 Å². The summed E-state index contributed by atoms with van der Waals surface area (Å²) in [6, 6.07) is 15.0. The summed E-state index contributed by atoms with van der Waals surface area (Å²) in [6.07, 6.45) is 0.991. The smallest absolute Gasteiger partial charge is 0.147 e. The van der Waals surface area contributed by atoms with Crippen molar-refractivity contribution in [1.82, 2.24) is 0 Å². The van der Waals surface area contributed by atoms with Crippen LogP contribution in [-0.2, 0) is 6.42 Å². The van der Waals surface area contributed by atoms with Gasteiger partial charge in [-0.2, -0.15) is 5.26 Å². The Morgan fingerprint density at radius 2 is 1.89 bits per heavy atom. The third-order valence-electron chi connectivity index (χ3n) is 2.64. The predicted octanol–water partition coefficient (Wildman–Crippen LogP) is 4.57. The van der Waals surface area contributed by atoms with Gasteiger partial charge in [-0.05, 0) is 36.2 Å². The molecule has 18 heavy (non-hydrogen) atoms. The lowest BCUT2D eigenvalue weighted by Crippen LogP contribution is -1.88. The fraction of sp³-hybridized carbons (Fsp3) is 0.133. The molecule has 0 heterocycles. The number of hydrogen-bond acceptors (Lipinski definition) is 2. The van der Waals surface area contributed by atoms with Crippen molar-refractivity contribution >= 4 is 11.6 Å². The first kappa shape index (κ1) is 12.5. The van der Waals surface area contributed by atoms with Crippen LogP contribution in [0.2, 0.25) is 5.02 Å². The summed E-state index contributed by atoms with van der Waals surface area (Å²) in [5, 5.41) is 9.23. The minimum atomic E-state index is 0.347. The molecule has 0 fully saturated rings. The molecule has 0 bridgehead atoms. The number of halogens is 1. The Bertz CT molecular complexity index is 584. The summed E-state index contributed by atoms with van der Waals surface area (Å²) in [5.41, 5.74) is 1.67. The van der Waals surface area contributed by atoms with Gasteiger partial charge in [-0.1, -0.05) is 36.7 Å². The molecule has 2 aromatic rings. The minimum Gasteiger partial charge on any atom is -0.456 e. The fourth-order valence-corrected chi connectivity index (χ4v) is 1.80. The van der Waals surface area contributed by atoms with Gasteiger partial charge in [0.2, 0.25) is 0 Å². The van der Waals surface area contributed by atoms with Crippen LogP contribution in [0.5, 0.6) is 11.5 Å². The van der Waals surface area contributed by atoms with Gasteiger partial charge < -0.3 is 4.74 Å². The van der Waals surface area contributed by atoms with Crippen LogP contribution in [0.4, 0.5) is 0 Å². The number of rotatable bonds is 3. The van der Waals surface area contributed by atoms with E-state index in [4.69, 9.17) is 21.6 Å². The SMILES string of the molecule is CCc1ccc(Oc2cccc(C#N)c2Cl)cc1. The number of ether oxygens (including phenoxy) is 1. The van der Waals surface area contributed by atoms with Crippen LogP contribution in [0.15, 0.2) is 42.5 Å². The molecule has 0 aliphatic carbocycles. The maximum Gasteiger partial charge on any atom is 0.147 e. The van der Waals surface area contributed by atoms with E-state index >= 15 is 0 Å². The molecule has 0 unspecified atom stereocenters. The Hall–Kier alpha value is -1.98. The van der Waals surface area contributed by atoms with Crippen LogP contribution in [0, 0.1) is 11.3 Å². The lowest BCUT2D eigenvalue weighted by molar-refractivity contribution is 0.482. The molecule has 3 heteroatoms. The van der Waals surface area contributed by atoms with E-state index in [9.17, 15) is 0 Å². The minimum absolute atomic E-state index is 0.347. The molecule has 0 aliphatic rings. The highest BCUT2D eigenvalue weighted by Gasteiger charge is 2.07. The van der Waals surface area contributed by atoms with Crippen molar-refractivity contribution in [3.8, 4) is 17.6 Å². The van der Waals surface area contributed by atoms with Crippen molar-refractivity contribution in [2.24, 2.45) is 0 Å². The first-order chi connectivity index (χ1) is 8.74. The van der Waals surface area contributed by atoms with Crippen LogP contribution in [-0.4, -0.2) is 0 Å². The topological polar surface area (TPSA) is 33.0 Å². The van der Waals surface area contributed by atoms with Gasteiger partial charge in [0.05, 0.1) is 5.56 Å². The molecule has 0 aliphatic heterocycles. The van der Waals surface area contributed by atoms with Gasteiger partial charge in [-0.3, -0.25) is 0 Å². The van der Waals surface area contributed by atoms with Crippen LogP contribution in [0.3, 0.4) is 0 Å². The number of hydrogen-bond donors (Lipinski definition) is 0. The van der Waals surface area contributed by atoms with E-state index < -0.39 is 0 Å². The summed E-state index contributed by atoms with van der Waals surface area (Å²) < 4.78 is 5.67. The monoisotopic (exact) mass is 257 g/mol. The molecular formula is C15H12ClNO. The molecule has 0 amide bonds. The Morgan fingerprint density at radius 3 is 2.50 bits per heavy atom. The second kappa shape index (κ2) is 5.57. The molecule has 2 aromatic carbocycles. The van der Waals surface area contributed by atoms with Crippen molar-refractivity contribution in [3.05, 3.63) is 58.6 Å². The third-order valence-corrected chi connectivity index (χ3v) is 3.03. The Labute approximate surface area is 111 Å². The van der Waals surface area contributed by atoms with Crippen molar-refractivity contribution in [1.29, 1.82) is 5.26 Å². The predicted molar refractivity (Wildman–Crippen MR) is 72.1 cm³/mol. The first-order valence-electron chi connectivity index (χ1n) is 5.70. The molecule has 0 aromatic heterocycles. The first-order valence-corrected chi connectivity index (χ1v) is 6.07. The lowest BCUT2D eigenvalue weighted by atomic mass is 10.2. The number of nitrogens with zero attached hydrogens (tertiary/aromatic N) is 1. The molecule has 0 spiro atoms. The zero-order valence-electron chi connectivity index (χ0n) is 9.98. The molecule has 2 nitrogen and oxygen atoms in total. The van der Waals surface area contributed by atoms with Crippen LogP contribution < -0.4 is 4.74 Å². The van der Waals surface area contributed by atoms with Gasteiger partial charge in [-0.25, -0.2) is 0 Å². The van der Waals surface area contributed by atoms with Gasteiger partial charge >= 0.3 is 0 Å². The molecule has 0 N–H and O–H groups in total. The second-order valence-corrected chi connectivity index (χ2v) is 4.21. The molecule has 2 rings (SSSR count). The van der Waals surface area contributed by atoms with E-state index in [2.05, 4.69) is 6.92 Å².